The summed E-state index contributed by atoms with van der Waals surface area (Å²) >= 11 is 0. The first-order valence-corrected chi connectivity index (χ1v) is 4.55. The van der Waals surface area contributed by atoms with Crippen LogP contribution < -0.4 is 16.4 Å². The van der Waals surface area contributed by atoms with E-state index in [0.717, 1.165) is 6.54 Å². The molecule has 1 aliphatic heterocycles. The molecule has 1 rings (SSSR count). The van der Waals surface area contributed by atoms with Crippen LogP contribution in [0.5, 0.6) is 0 Å². The van der Waals surface area contributed by atoms with Crippen LogP contribution >= 0.6 is 0 Å². The number of carbonyl (C=O) groups is 1. The van der Waals surface area contributed by atoms with E-state index in [1.807, 2.05) is 6.92 Å². The minimum absolute atomic E-state index is 0.0243. The van der Waals surface area contributed by atoms with Gasteiger partial charge in [-0.3, -0.25) is 4.79 Å². The smallest absolute Gasteiger partial charge is 0.239 e. The molecule has 0 saturated carbocycles. The SMILES string of the molecule is C[C@@H](CN)NC(=O)C1COCCN1. The van der Waals surface area contributed by atoms with E-state index in [4.69, 9.17) is 10.5 Å². The van der Waals surface area contributed by atoms with Gasteiger partial charge in [-0.2, -0.15) is 0 Å². The van der Waals surface area contributed by atoms with Crippen LogP contribution in [0.4, 0.5) is 0 Å². The molecule has 0 aromatic carbocycles. The topological polar surface area (TPSA) is 76.4 Å². The highest BCUT2D eigenvalue weighted by Crippen LogP contribution is 1.93. The molecule has 5 nitrogen and oxygen atoms in total. The molecular formula is C8H17N3O2. The third-order valence-electron chi connectivity index (χ3n) is 1.98. The normalized spacial score (nSPS) is 25.2. The second-order valence-electron chi connectivity index (χ2n) is 3.23. The second-order valence-corrected chi connectivity index (χ2v) is 3.23. The lowest BCUT2D eigenvalue weighted by atomic mass is 10.2. The fraction of sp³-hybridized carbons (Fsp3) is 0.875. The van der Waals surface area contributed by atoms with Crippen molar-refractivity contribution in [3.63, 3.8) is 0 Å². The predicted octanol–water partition coefficient (Wildman–Crippen LogP) is -1.56. The van der Waals surface area contributed by atoms with E-state index in [2.05, 4.69) is 10.6 Å². The zero-order valence-electron chi connectivity index (χ0n) is 7.88. The van der Waals surface area contributed by atoms with Crippen molar-refractivity contribution in [2.45, 2.75) is 19.0 Å². The fourth-order valence-electron chi connectivity index (χ4n) is 1.14. The number of hydrogen-bond donors (Lipinski definition) is 3. The van der Waals surface area contributed by atoms with Gasteiger partial charge in [0.25, 0.3) is 0 Å². The van der Waals surface area contributed by atoms with E-state index in [0.29, 0.717) is 19.8 Å². The van der Waals surface area contributed by atoms with Gasteiger partial charge in [0.2, 0.25) is 5.91 Å². The first-order chi connectivity index (χ1) is 6.24. The lowest BCUT2D eigenvalue weighted by Gasteiger charge is -2.24. The number of ether oxygens (including phenoxy) is 1. The molecule has 1 amide bonds. The summed E-state index contributed by atoms with van der Waals surface area (Å²) in [6.45, 7) is 4.19. The van der Waals surface area contributed by atoms with Crippen LogP contribution in [-0.4, -0.2) is 44.3 Å². The standard InChI is InChI=1S/C8H17N3O2/c1-6(4-9)11-8(12)7-5-13-3-2-10-7/h6-7,10H,2-5,9H2,1H3,(H,11,12)/t6-,7?/m0/s1. The van der Waals surface area contributed by atoms with E-state index >= 15 is 0 Å². The van der Waals surface area contributed by atoms with Crippen molar-refractivity contribution in [2.24, 2.45) is 5.73 Å². The average Bonchev–Trinajstić information content (AvgIpc) is 2.19. The van der Waals surface area contributed by atoms with Crippen LogP contribution in [0.2, 0.25) is 0 Å². The van der Waals surface area contributed by atoms with Crippen molar-refractivity contribution in [1.82, 2.24) is 10.6 Å². The molecule has 0 aromatic heterocycles. The van der Waals surface area contributed by atoms with Gasteiger partial charge in [0.05, 0.1) is 13.2 Å². The lowest BCUT2D eigenvalue weighted by molar-refractivity contribution is -0.126. The Labute approximate surface area is 78.0 Å². The Kier molecular flexibility index (Phi) is 4.14. The number of nitrogens with one attached hydrogen (secondary N) is 2. The molecule has 0 bridgehead atoms. The van der Waals surface area contributed by atoms with E-state index in [-0.39, 0.29) is 18.0 Å². The van der Waals surface area contributed by atoms with Crippen molar-refractivity contribution in [3.8, 4) is 0 Å². The molecule has 1 fully saturated rings. The highest BCUT2D eigenvalue weighted by molar-refractivity contribution is 5.82. The number of hydrogen-bond acceptors (Lipinski definition) is 4. The summed E-state index contributed by atoms with van der Waals surface area (Å²) in [5.74, 6) is -0.0300. The van der Waals surface area contributed by atoms with E-state index in [1.165, 1.54) is 0 Å². The van der Waals surface area contributed by atoms with Crippen molar-refractivity contribution in [2.75, 3.05) is 26.3 Å². The average molecular weight is 187 g/mol. The maximum atomic E-state index is 11.5. The van der Waals surface area contributed by atoms with Crippen molar-refractivity contribution in [1.29, 1.82) is 0 Å². The molecule has 0 aromatic rings. The van der Waals surface area contributed by atoms with Gasteiger partial charge in [-0.15, -0.1) is 0 Å². The minimum Gasteiger partial charge on any atom is -0.378 e. The van der Waals surface area contributed by atoms with Gasteiger partial charge in [0, 0.05) is 19.1 Å². The van der Waals surface area contributed by atoms with Crippen LogP contribution in [0, 0.1) is 0 Å². The Bertz CT molecular complexity index is 169. The van der Waals surface area contributed by atoms with Crippen LogP contribution in [0.1, 0.15) is 6.92 Å². The molecule has 1 aliphatic rings. The molecule has 1 heterocycles. The summed E-state index contributed by atoms with van der Waals surface area (Å²) in [6, 6.07) is -0.195. The molecule has 5 heteroatoms. The summed E-state index contributed by atoms with van der Waals surface area (Å²) in [7, 11) is 0. The molecule has 1 unspecified atom stereocenters. The summed E-state index contributed by atoms with van der Waals surface area (Å²) in [6.07, 6.45) is 0. The number of morpholine rings is 1. The van der Waals surface area contributed by atoms with Crippen LogP contribution in [-0.2, 0) is 9.53 Å². The summed E-state index contributed by atoms with van der Waals surface area (Å²) in [5.41, 5.74) is 5.38. The van der Waals surface area contributed by atoms with Crippen molar-refractivity contribution >= 4 is 5.91 Å². The quantitative estimate of drug-likeness (QED) is 0.499. The molecule has 13 heavy (non-hydrogen) atoms. The first-order valence-electron chi connectivity index (χ1n) is 4.55. The molecule has 1 saturated heterocycles. The van der Waals surface area contributed by atoms with Crippen LogP contribution in [0.15, 0.2) is 0 Å². The van der Waals surface area contributed by atoms with E-state index < -0.39 is 0 Å². The van der Waals surface area contributed by atoms with Gasteiger partial charge in [0.1, 0.15) is 6.04 Å². The minimum atomic E-state index is -0.220. The number of amides is 1. The molecule has 0 aliphatic carbocycles. The molecule has 2 atom stereocenters. The third kappa shape index (κ3) is 3.30. The maximum absolute atomic E-state index is 11.5. The highest BCUT2D eigenvalue weighted by Gasteiger charge is 2.21. The van der Waals surface area contributed by atoms with Crippen molar-refractivity contribution < 1.29 is 9.53 Å². The maximum Gasteiger partial charge on any atom is 0.239 e. The molecular weight excluding hydrogens is 170 g/mol. The number of carbonyl (C=O) groups excluding carboxylic acids is 1. The Morgan fingerprint density at radius 3 is 3.15 bits per heavy atom. The van der Waals surface area contributed by atoms with Crippen LogP contribution in [0.25, 0.3) is 0 Å². The molecule has 4 N–H and O–H groups in total. The first kappa shape index (κ1) is 10.4. The number of rotatable bonds is 3. The van der Waals surface area contributed by atoms with Gasteiger partial charge in [0.15, 0.2) is 0 Å². The second kappa shape index (κ2) is 5.16. The van der Waals surface area contributed by atoms with Crippen molar-refractivity contribution in [3.05, 3.63) is 0 Å². The monoisotopic (exact) mass is 187 g/mol. The van der Waals surface area contributed by atoms with Gasteiger partial charge in [-0.25, -0.2) is 0 Å². The predicted molar refractivity (Wildman–Crippen MR) is 49.3 cm³/mol. The number of nitrogens with two attached hydrogens (primary N) is 1. The molecule has 0 radical (unpaired) electrons. The Morgan fingerprint density at radius 2 is 2.62 bits per heavy atom. The largest absolute Gasteiger partial charge is 0.378 e. The van der Waals surface area contributed by atoms with Gasteiger partial charge in [-0.1, -0.05) is 0 Å². The zero-order chi connectivity index (χ0) is 9.68. The fourth-order valence-corrected chi connectivity index (χ4v) is 1.14. The van der Waals surface area contributed by atoms with Gasteiger partial charge >= 0.3 is 0 Å². The highest BCUT2D eigenvalue weighted by atomic mass is 16.5. The van der Waals surface area contributed by atoms with Crippen LogP contribution in [0.3, 0.4) is 0 Å². The Balaban J connectivity index is 2.29. The molecule has 76 valence electrons. The van der Waals surface area contributed by atoms with E-state index in [1.54, 1.807) is 0 Å². The Morgan fingerprint density at radius 1 is 1.85 bits per heavy atom. The third-order valence-corrected chi connectivity index (χ3v) is 1.98. The zero-order valence-corrected chi connectivity index (χ0v) is 7.88. The van der Waals surface area contributed by atoms with Gasteiger partial charge in [-0.05, 0) is 6.92 Å². The van der Waals surface area contributed by atoms with E-state index in [9.17, 15) is 4.79 Å². The molecule has 0 spiro atoms. The lowest BCUT2D eigenvalue weighted by Crippen LogP contribution is -2.53. The summed E-state index contributed by atoms with van der Waals surface area (Å²) < 4.78 is 5.16. The Hall–Kier alpha value is -0.650. The van der Waals surface area contributed by atoms with Gasteiger partial charge < -0.3 is 21.1 Å². The summed E-state index contributed by atoms with van der Waals surface area (Å²) in [5, 5.41) is 5.86. The summed E-state index contributed by atoms with van der Waals surface area (Å²) in [4.78, 5) is 11.5.